The van der Waals surface area contributed by atoms with Gasteiger partial charge < -0.3 is 5.32 Å². The molecule has 0 spiro atoms. The van der Waals surface area contributed by atoms with Crippen molar-refractivity contribution in [3.05, 3.63) is 68.8 Å². The van der Waals surface area contributed by atoms with E-state index in [2.05, 4.69) is 27.5 Å². The Bertz CT molecular complexity index is 1080. The van der Waals surface area contributed by atoms with Crippen molar-refractivity contribution in [1.29, 1.82) is 5.26 Å². The van der Waals surface area contributed by atoms with Gasteiger partial charge in [-0.3, -0.25) is 14.4 Å². The summed E-state index contributed by atoms with van der Waals surface area (Å²) in [6.07, 6.45) is 3.96. The zero-order valence-corrected chi connectivity index (χ0v) is 16.8. The number of nitriles is 1. The van der Waals surface area contributed by atoms with E-state index in [-0.39, 0.29) is 5.91 Å². The number of anilines is 1. The molecule has 2 aromatic heterocycles. The molecule has 0 radical (unpaired) electrons. The Balaban J connectivity index is 1.52. The number of nitrogens with one attached hydrogen (secondary N) is 1. The van der Waals surface area contributed by atoms with Crippen molar-refractivity contribution >= 4 is 33.8 Å². The quantitative estimate of drug-likeness (QED) is 0.708. The van der Waals surface area contributed by atoms with Gasteiger partial charge in [0.05, 0.1) is 17.3 Å². The van der Waals surface area contributed by atoms with Gasteiger partial charge in [0.2, 0.25) is 0 Å². The SMILES string of the molecule is Cn1cc(C(=O)Nc2sc3c(c2C#N)CCN(Cc2cccc(Cl)c2)C3)cn1. The van der Waals surface area contributed by atoms with Crippen LogP contribution < -0.4 is 5.32 Å². The lowest BCUT2D eigenvalue weighted by atomic mass is 10.0. The highest BCUT2D eigenvalue weighted by atomic mass is 35.5. The van der Waals surface area contributed by atoms with Crippen LogP contribution in [0.15, 0.2) is 36.7 Å². The molecule has 0 aliphatic carbocycles. The van der Waals surface area contributed by atoms with Crippen molar-refractivity contribution in [2.45, 2.75) is 19.5 Å². The smallest absolute Gasteiger partial charge is 0.259 e. The van der Waals surface area contributed by atoms with Gasteiger partial charge >= 0.3 is 0 Å². The molecule has 0 bridgehead atoms. The molecular formula is C20H18ClN5OS. The average molecular weight is 412 g/mol. The molecule has 4 rings (SSSR count). The molecule has 1 amide bonds. The number of thiophene rings is 1. The minimum Gasteiger partial charge on any atom is -0.312 e. The van der Waals surface area contributed by atoms with Crippen LogP contribution in [0.25, 0.3) is 0 Å². The second kappa shape index (κ2) is 7.76. The third-order valence-corrected chi connectivity index (χ3v) is 6.10. The molecule has 142 valence electrons. The Morgan fingerprint density at radius 2 is 2.32 bits per heavy atom. The Kier molecular flexibility index (Phi) is 5.18. The molecular weight excluding hydrogens is 394 g/mol. The second-order valence-electron chi connectivity index (χ2n) is 6.77. The van der Waals surface area contributed by atoms with E-state index in [1.807, 2.05) is 18.2 Å². The van der Waals surface area contributed by atoms with Crippen LogP contribution in [-0.4, -0.2) is 27.1 Å². The minimum atomic E-state index is -0.251. The zero-order valence-electron chi connectivity index (χ0n) is 15.3. The fourth-order valence-electron chi connectivity index (χ4n) is 3.40. The Hall–Kier alpha value is -2.66. The molecule has 1 aliphatic rings. The lowest BCUT2D eigenvalue weighted by molar-refractivity contribution is 0.102. The van der Waals surface area contributed by atoms with Gasteiger partial charge in [-0.15, -0.1) is 11.3 Å². The predicted octanol–water partition coefficient (Wildman–Crippen LogP) is 3.82. The molecule has 3 aromatic rings. The fourth-order valence-corrected chi connectivity index (χ4v) is 4.85. The molecule has 1 N–H and O–H groups in total. The molecule has 0 unspecified atom stereocenters. The summed E-state index contributed by atoms with van der Waals surface area (Å²) >= 11 is 7.57. The number of halogens is 1. The second-order valence-corrected chi connectivity index (χ2v) is 8.31. The summed E-state index contributed by atoms with van der Waals surface area (Å²) in [5, 5.41) is 17.9. The number of benzene rings is 1. The molecule has 1 aromatic carbocycles. The van der Waals surface area contributed by atoms with Gasteiger partial charge in [0.15, 0.2) is 0 Å². The van der Waals surface area contributed by atoms with Crippen LogP contribution in [0.2, 0.25) is 5.02 Å². The summed E-state index contributed by atoms with van der Waals surface area (Å²) in [6, 6.07) is 10.1. The number of hydrogen-bond donors (Lipinski definition) is 1. The van der Waals surface area contributed by atoms with Crippen LogP contribution in [0, 0.1) is 11.3 Å². The number of carbonyl (C=O) groups is 1. The molecule has 28 heavy (non-hydrogen) atoms. The number of nitrogens with zero attached hydrogens (tertiary/aromatic N) is 4. The van der Waals surface area contributed by atoms with Crippen LogP contribution in [0.4, 0.5) is 5.00 Å². The van der Waals surface area contributed by atoms with Gasteiger partial charge in [-0.2, -0.15) is 10.4 Å². The molecule has 0 atom stereocenters. The number of amides is 1. The fraction of sp³-hybridized carbons (Fsp3) is 0.250. The van der Waals surface area contributed by atoms with Crippen LogP contribution >= 0.6 is 22.9 Å². The van der Waals surface area contributed by atoms with Crippen molar-refractivity contribution in [3.63, 3.8) is 0 Å². The Morgan fingerprint density at radius 1 is 1.46 bits per heavy atom. The average Bonchev–Trinajstić information content (AvgIpc) is 3.24. The lowest BCUT2D eigenvalue weighted by Gasteiger charge is -2.26. The molecule has 0 fully saturated rings. The number of fused-ring (bicyclic) bond motifs is 1. The van der Waals surface area contributed by atoms with E-state index in [4.69, 9.17) is 11.6 Å². The molecule has 1 aliphatic heterocycles. The first-order chi connectivity index (χ1) is 13.5. The van der Waals surface area contributed by atoms with Gasteiger partial charge in [0, 0.05) is 42.8 Å². The highest BCUT2D eigenvalue weighted by Gasteiger charge is 2.25. The highest BCUT2D eigenvalue weighted by Crippen LogP contribution is 2.37. The summed E-state index contributed by atoms with van der Waals surface area (Å²) in [6.45, 7) is 2.42. The largest absolute Gasteiger partial charge is 0.312 e. The van der Waals surface area contributed by atoms with Crippen molar-refractivity contribution in [2.75, 3.05) is 11.9 Å². The van der Waals surface area contributed by atoms with E-state index >= 15 is 0 Å². The summed E-state index contributed by atoms with van der Waals surface area (Å²) in [5.41, 5.74) is 3.27. The number of aryl methyl sites for hydroxylation is 1. The highest BCUT2D eigenvalue weighted by molar-refractivity contribution is 7.16. The normalized spacial score (nSPS) is 13.8. The lowest BCUT2D eigenvalue weighted by Crippen LogP contribution is -2.29. The summed E-state index contributed by atoms with van der Waals surface area (Å²) in [5.74, 6) is -0.251. The standard InChI is InChI=1S/C20H18ClN5OS/c1-25-11-14(9-23-25)19(27)24-20-17(8-22)16-5-6-26(12-18(16)28-20)10-13-3-2-4-15(21)7-13/h2-4,7,9,11H,5-6,10,12H2,1H3,(H,24,27). The monoisotopic (exact) mass is 411 g/mol. The van der Waals surface area contributed by atoms with E-state index in [0.717, 1.165) is 47.1 Å². The van der Waals surface area contributed by atoms with Crippen LogP contribution in [0.3, 0.4) is 0 Å². The van der Waals surface area contributed by atoms with E-state index in [1.54, 1.807) is 17.9 Å². The zero-order chi connectivity index (χ0) is 19.7. The first kappa shape index (κ1) is 18.7. The molecule has 8 heteroatoms. The van der Waals surface area contributed by atoms with Gasteiger partial charge in [0.1, 0.15) is 11.1 Å². The molecule has 3 heterocycles. The van der Waals surface area contributed by atoms with E-state index < -0.39 is 0 Å². The van der Waals surface area contributed by atoms with Crippen LogP contribution in [-0.2, 0) is 26.6 Å². The summed E-state index contributed by atoms with van der Waals surface area (Å²) < 4.78 is 1.58. The van der Waals surface area contributed by atoms with Gasteiger partial charge in [-0.05, 0) is 29.7 Å². The van der Waals surface area contributed by atoms with E-state index in [0.29, 0.717) is 16.1 Å². The number of hydrogen-bond acceptors (Lipinski definition) is 5. The van der Waals surface area contributed by atoms with Gasteiger partial charge in [-0.25, -0.2) is 0 Å². The Labute approximate surface area is 172 Å². The maximum atomic E-state index is 12.5. The molecule has 6 nitrogen and oxygen atoms in total. The number of rotatable bonds is 4. The Morgan fingerprint density at radius 3 is 3.04 bits per heavy atom. The van der Waals surface area contributed by atoms with Crippen molar-refractivity contribution in [2.24, 2.45) is 7.05 Å². The first-order valence-corrected chi connectivity index (χ1v) is 10.0. The third kappa shape index (κ3) is 3.80. The van der Waals surface area contributed by atoms with E-state index in [9.17, 15) is 10.1 Å². The summed E-state index contributed by atoms with van der Waals surface area (Å²) in [7, 11) is 1.76. The summed E-state index contributed by atoms with van der Waals surface area (Å²) in [4.78, 5) is 15.9. The minimum absolute atomic E-state index is 0.251. The number of aromatic nitrogens is 2. The van der Waals surface area contributed by atoms with Gasteiger partial charge in [-0.1, -0.05) is 23.7 Å². The van der Waals surface area contributed by atoms with Crippen molar-refractivity contribution in [1.82, 2.24) is 14.7 Å². The van der Waals surface area contributed by atoms with Crippen molar-refractivity contribution in [3.8, 4) is 6.07 Å². The molecule has 0 saturated heterocycles. The van der Waals surface area contributed by atoms with Crippen LogP contribution in [0.5, 0.6) is 0 Å². The maximum absolute atomic E-state index is 12.5. The first-order valence-electron chi connectivity index (χ1n) is 8.85. The maximum Gasteiger partial charge on any atom is 0.259 e. The predicted molar refractivity (Wildman–Crippen MR) is 109 cm³/mol. The van der Waals surface area contributed by atoms with E-state index in [1.165, 1.54) is 17.5 Å². The van der Waals surface area contributed by atoms with Crippen LogP contribution in [0.1, 0.15) is 31.9 Å². The molecule has 0 saturated carbocycles. The number of carbonyl (C=O) groups excluding carboxylic acids is 1. The van der Waals surface area contributed by atoms with Gasteiger partial charge in [0.25, 0.3) is 5.91 Å². The van der Waals surface area contributed by atoms with Crippen molar-refractivity contribution < 1.29 is 4.79 Å². The third-order valence-electron chi connectivity index (χ3n) is 4.74. The topological polar surface area (TPSA) is 74.0 Å².